The minimum Gasteiger partial charge on any atom is -0.343 e. The minimum absolute atomic E-state index is 0.304. The Balaban J connectivity index is 1.44. The van der Waals surface area contributed by atoms with Crippen molar-refractivity contribution in [2.24, 2.45) is 15.9 Å². The van der Waals surface area contributed by atoms with Gasteiger partial charge in [-0.25, -0.2) is 4.99 Å². The number of hydrogen-bond acceptors (Lipinski definition) is 4. The van der Waals surface area contributed by atoms with E-state index >= 15 is 0 Å². The van der Waals surface area contributed by atoms with Crippen LogP contribution in [-0.4, -0.2) is 27.9 Å². The average Bonchev–Trinajstić information content (AvgIpc) is 3.38. The van der Waals surface area contributed by atoms with E-state index in [4.69, 9.17) is 9.98 Å². The fourth-order valence-electron chi connectivity index (χ4n) is 4.65. The van der Waals surface area contributed by atoms with Gasteiger partial charge >= 0.3 is 0 Å². The number of H-pyrrole nitrogens is 1. The highest BCUT2D eigenvalue weighted by molar-refractivity contribution is 6.12. The molecular weight excluding hydrogens is 382 g/mol. The summed E-state index contributed by atoms with van der Waals surface area (Å²) in [6.45, 7) is 0. The largest absolute Gasteiger partial charge is 0.343 e. The van der Waals surface area contributed by atoms with E-state index in [-0.39, 0.29) is 0 Å². The number of aromatic amines is 1. The van der Waals surface area contributed by atoms with Gasteiger partial charge in [0.15, 0.2) is 5.84 Å². The maximum Gasteiger partial charge on any atom is 0.156 e. The molecule has 0 radical (unpaired) electrons. The van der Waals surface area contributed by atoms with Crippen molar-refractivity contribution >= 4 is 17.4 Å². The van der Waals surface area contributed by atoms with Crippen LogP contribution >= 0.6 is 0 Å². The van der Waals surface area contributed by atoms with E-state index in [9.17, 15) is 0 Å². The predicted octanol–water partition coefficient (Wildman–Crippen LogP) is 6.08. The molecule has 0 spiro atoms. The molecule has 1 aliphatic carbocycles. The molecule has 1 saturated carbocycles. The standard InChI is InChI=1S/C26H29N5/c1-2-7-11-23-24(12-8-3-1)30-25(20-9-5-4-6-10-20)31-26(23)29-22-15-13-19(14-16-22)21-17-27-28-18-21/h4-6,9-10,13-18,23-24H,1-3,7-8,11-12H2,(H,27,28)(H,29,30,31). The van der Waals surface area contributed by atoms with E-state index < -0.39 is 0 Å². The van der Waals surface area contributed by atoms with Crippen LogP contribution in [0, 0.1) is 5.92 Å². The summed E-state index contributed by atoms with van der Waals surface area (Å²) < 4.78 is 0. The summed E-state index contributed by atoms with van der Waals surface area (Å²) in [4.78, 5) is 10.2. The van der Waals surface area contributed by atoms with Gasteiger partial charge < -0.3 is 5.32 Å². The lowest BCUT2D eigenvalue weighted by atomic mass is 9.89. The second-order valence-corrected chi connectivity index (χ2v) is 8.52. The summed E-state index contributed by atoms with van der Waals surface area (Å²) in [5.41, 5.74) is 4.41. The van der Waals surface area contributed by atoms with Crippen molar-refractivity contribution in [3.63, 3.8) is 0 Å². The van der Waals surface area contributed by atoms with E-state index in [1.165, 1.54) is 32.1 Å². The Morgan fingerprint density at radius 2 is 1.55 bits per heavy atom. The van der Waals surface area contributed by atoms with Crippen LogP contribution < -0.4 is 5.32 Å². The Bertz CT molecular complexity index is 1040. The summed E-state index contributed by atoms with van der Waals surface area (Å²) >= 11 is 0. The van der Waals surface area contributed by atoms with E-state index in [2.05, 4.69) is 64.0 Å². The number of nitrogens with one attached hydrogen (secondary N) is 2. The van der Waals surface area contributed by atoms with Crippen molar-refractivity contribution in [3.8, 4) is 11.1 Å². The van der Waals surface area contributed by atoms with Crippen LogP contribution in [0.4, 0.5) is 5.69 Å². The van der Waals surface area contributed by atoms with Crippen LogP contribution in [0.5, 0.6) is 0 Å². The third-order valence-electron chi connectivity index (χ3n) is 6.37. The lowest BCUT2D eigenvalue weighted by Crippen LogP contribution is -2.36. The van der Waals surface area contributed by atoms with Gasteiger partial charge in [-0.15, -0.1) is 0 Å². The van der Waals surface area contributed by atoms with Gasteiger partial charge in [0, 0.05) is 28.9 Å². The number of benzene rings is 2. The van der Waals surface area contributed by atoms with Crippen molar-refractivity contribution in [2.75, 3.05) is 5.32 Å². The second-order valence-electron chi connectivity index (χ2n) is 8.52. The number of anilines is 1. The average molecular weight is 412 g/mol. The van der Waals surface area contributed by atoms with Crippen LogP contribution in [0.2, 0.25) is 0 Å². The van der Waals surface area contributed by atoms with Gasteiger partial charge in [0.25, 0.3) is 0 Å². The fourth-order valence-corrected chi connectivity index (χ4v) is 4.65. The molecular formula is C26H29N5. The predicted molar refractivity (Wildman–Crippen MR) is 128 cm³/mol. The first kappa shape index (κ1) is 19.7. The molecule has 1 aromatic heterocycles. The van der Waals surface area contributed by atoms with E-state index in [0.29, 0.717) is 12.0 Å². The third-order valence-corrected chi connectivity index (χ3v) is 6.37. The normalized spacial score (nSPS) is 21.7. The van der Waals surface area contributed by atoms with Crippen molar-refractivity contribution in [1.82, 2.24) is 10.2 Å². The van der Waals surface area contributed by atoms with Crippen LogP contribution in [0.15, 0.2) is 77.0 Å². The molecule has 2 unspecified atom stereocenters. The van der Waals surface area contributed by atoms with Gasteiger partial charge in [-0.3, -0.25) is 10.1 Å². The molecule has 5 heteroatoms. The van der Waals surface area contributed by atoms with E-state index in [1.807, 2.05) is 18.5 Å². The Hall–Kier alpha value is -3.21. The molecule has 31 heavy (non-hydrogen) atoms. The van der Waals surface area contributed by atoms with Gasteiger partial charge in [-0.1, -0.05) is 74.6 Å². The molecule has 1 fully saturated rings. The number of amidine groups is 2. The first-order chi connectivity index (χ1) is 15.4. The topological polar surface area (TPSA) is 65.4 Å². The molecule has 2 N–H and O–H groups in total. The second kappa shape index (κ2) is 9.29. The Morgan fingerprint density at radius 1 is 0.774 bits per heavy atom. The van der Waals surface area contributed by atoms with Gasteiger partial charge in [-0.2, -0.15) is 5.10 Å². The number of hydrogen-bond donors (Lipinski definition) is 2. The highest BCUT2D eigenvalue weighted by atomic mass is 15.1. The smallest absolute Gasteiger partial charge is 0.156 e. The van der Waals surface area contributed by atoms with Crippen molar-refractivity contribution < 1.29 is 0 Å². The quantitative estimate of drug-likeness (QED) is 0.549. The molecule has 2 aromatic carbocycles. The molecule has 2 atom stereocenters. The van der Waals surface area contributed by atoms with Crippen molar-refractivity contribution in [3.05, 3.63) is 72.6 Å². The monoisotopic (exact) mass is 411 g/mol. The molecule has 0 amide bonds. The number of fused-ring (bicyclic) bond motifs is 1. The Kier molecular flexibility index (Phi) is 5.92. The summed E-state index contributed by atoms with van der Waals surface area (Å²) in [5.74, 6) is 2.29. The minimum atomic E-state index is 0.304. The summed E-state index contributed by atoms with van der Waals surface area (Å²) in [6, 6.07) is 19.2. The number of aliphatic imine (C=N–C) groups is 2. The molecule has 2 heterocycles. The maximum absolute atomic E-state index is 5.14. The molecule has 3 aromatic rings. The van der Waals surface area contributed by atoms with Gasteiger partial charge in [-0.05, 0) is 30.5 Å². The summed E-state index contributed by atoms with van der Waals surface area (Å²) in [7, 11) is 0. The van der Waals surface area contributed by atoms with Crippen LogP contribution in [0.25, 0.3) is 11.1 Å². The maximum atomic E-state index is 5.14. The van der Waals surface area contributed by atoms with Crippen LogP contribution in [0.1, 0.15) is 50.5 Å². The van der Waals surface area contributed by atoms with Crippen LogP contribution in [0.3, 0.4) is 0 Å². The zero-order chi connectivity index (χ0) is 20.9. The Labute approximate surface area is 183 Å². The third kappa shape index (κ3) is 4.61. The molecule has 5 nitrogen and oxygen atoms in total. The zero-order valence-corrected chi connectivity index (χ0v) is 17.8. The number of rotatable bonds is 3. The SMILES string of the molecule is c1ccc(C2=NC3CCCCCCCC3C(Nc3ccc(-c4cn[nH]c4)cc3)=N2)cc1. The molecule has 2 aliphatic rings. The number of aromatic nitrogens is 2. The number of nitrogens with zero attached hydrogens (tertiary/aromatic N) is 3. The van der Waals surface area contributed by atoms with Gasteiger partial charge in [0.2, 0.25) is 0 Å². The first-order valence-electron chi connectivity index (χ1n) is 11.4. The molecule has 5 rings (SSSR count). The van der Waals surface area contributed by atoms with E-state index in [1.54, 1.807) is 0 Å². The molecule has 1 aliphatic heterocycles. The highest BCUT2D eigenvalue weighted by Crippen LogP contribution is 2.30. The van der Waals surface area contributed by atoms with Crippen molar-refractivity contribution in [2.45, 2.75) is 51.0 Å². The molecule has 158 valence electrons. The van der Waals surface area contributed by atoms with Crippen LogP contribution in [-0.2, 0) is 0 Å². The van der Waals surface area contributed by atoms with Gasteiger partial charge in [0.1, 0.15) is 5.84 Å². The molecule has 0 saturated heterocycles. The summed E-state index contributed by atoms with van der Waals surface area (Å²) in [5, 5.41) is 10.6. The lowest BCUT2D eigenvalue weighted by molar-refractivity contribution is 0.457. The van der Waals surface area contributed by atoms with E-state index in [0.717, 1.165) is 46.9 Å². The van der Waals surface area contributed by atoms with Crippen molar-refractivity contribution in [1.29, 1.82) is 0 Å². The van der Waals surface area contributed by atoms with Gasteiger partial charge in [0.05, 0.1) is 12.2 Å². The highest BCUT2D eigenvalue weighted by Gasteiger charge is 2.31. The first-order valence-corrected chi connectivity index (χ1v) is 11.4. The Morgan fingerprint density at radius 3 is 2.32 bits per heavy atom. The fraction of sp³-hybridized carbons (Fsp3) is 0.346. The zero-order valence-electron chi connectivity index (χ0n) is 17.8. The lowest BCUT2D eigenvalue weighted by Gasteiger charge is -2.30. The summed E-state index contributed by atoms with van der Waals surface area (Å²) in [6.07, 6.45) is 12.5. The molecule has 0 bridgehead atoms.